The zero-order chi connectivity index (χ0) is 15.5. The zero-order valence-electron chi connectivity index (χ0n) is 12.8. The first kappa shape index (κ1) is 15.6. The van der Waals surface area contributed by atoms with Crippen molar-refractivity contribution < 1.29 is 0 Å². The van der Waals surface area contributed by atoms with Crippen molar-refractivity contribution in [3.8, 4) is 0 Å². The number of nitrogens with zero attached hydrogens (tertiary/aromatic N) is 2. The number of benzene rings is 1. The third-order valence-corrected chi connectivity index (χ3v) is 4.99. The normalized spacial score (nSPS) is 21.0. The van der Waals surface area contributed by atoms with Gasteiger partial charge in [0.25, 0.3) is 0 Å². The number of hydrogen-bond acceptors (Lipinski definition) is 5. The van der Waals surface area contributed by atoms with Gasteiger partial charge in [-0.1, -0.05) is 11.6 Å². The van der Waals surface area contributed by atoms with Crippen LogP contribution >= 0.6 is 11.6 Å². The molecule has 3 rings (SSSR count). The molecule has 0 aliphatic carbocycles. The summed E-state index contributed by atoms with van der Waals surface area (Å²) in [5.74, 6) is 0. The fraction of sp³-hybridized carbons (Fsp3) is 0.562. The summed E-state index contributed by atoms with van der Waals surface area (Å²) >= 11 is 6.15. The molecule has 2 aliphatic rings. The van der Waals surface area contributed by atoms with Gasteiger partial charge in [0.15, 0.2) is 0 Å². The lowest BCUT2D eigenvalue weighted by Gasteiger charge is -2.41. The number of piperidine rings is 1. The SMILES string of the molecule is N=Cc1c(N)cc(Cl)cc1N1CCC(N2CCNCC2)CC1. The fourth-order valence-electron chi connectivity index (χ4n) is 3.56. The fourth-order valence-corrected chi connectivity index (χ4v) is 3.78. The molecule has 1 aromatic carbocycles. The van der Waals surface area contributed by atoms with Crippen molar-refractivity contribution in [1.82, 2.24) is 10.2 Å². The number of nitrogens with one attached hydrogen (secondary N) is 2. The van der Waals surface area contributed by atoms with E-state index in [-0.39, 0.29) is 0 Å². The van der Waals surface area contributed by atoms with Crippen LogP contribution in [0.3, 0.4) is 0 Å². The van der Waals surface area contributed by atoms with Crippen LogP contribution < -0.4 is 16.0 Å². The molecule has 22 heavy (non-hydrogen) atoms. The van der Waals surface area contributed by atoms with Crippen molar-refractivity contribution in [3.63, 3.8) is 0 Å². The largest absolute Gasteiger partial charge is 0.398 e. The highest BCUT2D eigenvalue weighted by atomic mass is 35.5. The Labute approximate surface area is 136 Å². The molecule has 2 aliphatic heterocycles. The van der Waals surface area contributed by atoms with E-state index in [1.807, 2.05) is 6.07 Å². The molecule has 2 fully saturated rings. The number of rotatable bonds is 3. The first-order chi connectivity index (χ1) is 10.7. The van der Waals surface area contributed by atoms with Crippen molar-refractivity contribution in [1.29, 1.82) is 5.41 Å². The number of nitrogen functional groups attached to an aromatic ring is 1. The number of hydrogen-bond donors (Lipinski definition) is 3. The van der Waals surface area contributed by atoms with Gasteiger partial charge in [0.2, 0.25) is 0 Å². The molecule has 0 bridgehead atoms. The van der Waals surface area contributed by atoms with Crippen LogP contribution in [0.2, 0.25) is 5.02 Å². The lowest BCUT2D eigenvalue weighted by Crippen LogP contribution is -2.52. The zero-order valence-corrected chi connectivity index (χ0v) is 13.6. The average molecular weight is 322 g/mol. The second-order valence-electron chi connectivity index (χ2n) is 6.08. The van der Waals surface area contributed by atoms with Crippen LogP contribution in [0.25, 0.3) is 0 Å². The average Bonchev–Trinajstić information content (AvgIpc) is 2.55. The van der Waals surface area contributed by atoms with E-state index in [9.17, 15) is 0 Å². The van der Waals surface area contributed by atoms with Gasteiger partial charge in [-0.3, -0.25) is 4.90 Å². The molecular weight excluding hydrogens is 298 g/mol. The summed E-state index contributed by atoms with van der Waals surface area (Å²) in [6.07, 6.45) is 3.65. The third kappa shape index (κ3) is 3.21. The lowest BCUT2D eigenvalue weighted by atomic mass is 10.0. The monoisotopic (exact) mass is 321 g/mol. The van der Waals surface area contributed by atoms with Gasteiger partial charge in [-0.15, -0.1) is 0 Å². The maximum absolute atomic E-state index is 7.62. The van der Waals surface area contributed by atoms with E-state index in [0.717, 1.165) is 63.4 Å². The number of nitrogens with two attached hydrogens (primary N) is 1. The van der Waals surface area contributed by atoms with E-state index in [1.54, 1.807) is 6.07 Å². The Hall–Kier alpha value is -1.30. The van der Waals surface area contributed by atoms with Gasteiger partial charge >= 0.3 is 0 Å². The quantitative estimate of drug-likeness (QED) is 0.586. The summed E-state index contributed by atoms with van der Waals surface area (Å²) in [6, 6.07) is 4.33. The van der Waals surface area contributed by atoms with Gasteiger partial charge in [-0.25, -0.2) is 0 Å². The molecule has 2 saturated heterocycles. The van der Waals surface area contributed by atoms with Crippen molar-refractivity contribution in [3.05, 3.63) is 22.7 Å². The summed E-state index contributed by atoms with van der Waals surface area (Å²) in [5, 5.41) is 11.7. The summed E-state index contributed by atoms with van der Waals surface area (Å²) in [5.41, 5.74) is 8.37. The molecule has 0 aromatic heterocycles. The van der Waals surface area contributed by atoms with Crippen molar-refractivity contribution >= 4 is 29.2 Å². The summed E-state index contributed by atoms with van der Waals surface area (Å²) < 4.78 is 0. The Morgan fingerprint density at radius 2 is 1.86 bits per heavy atom. The van der Waals surface area contributed by atoms with E-state index in [4.69, 9.17) is 22.7 Å². The highest BCUT2D eigenvalue weighted by Crippen LogP contribution is 2.31. The first-order valence-electron chi connectivity index (χ1n) is 7.98. The standard InChI is InChI=1S/C16H24ClN5/c17-12-9-15(19)14(11-18)16(10-12)22-5-1-13(2-6-22)21-7-3-20-4-8-21/h9-11,13,18,20H,1-8,19H2. The number of anilines is 2. The molecule has 0 spiro atoms. The maximum Gasteiger partial charge on any atom is 0.0491 e. The van der Waals surface area contributed by atoms with Gasteiger partial charge in [0.1, 0.15) is 0 Å². The molecule has 0 saturated carbocycles. The van der Waals surface area contributed by atoms with E-state index in [2.05, 4.69) is 15.1 Å². The van der Waals surface area contributed by atoms with Crippen molar-refractivity contribution in [2.45, 2.75) is 18.9 Å². The molecule has 1 aromatic rings. The van der Waals surface area contributed by atoms with Gasteiger partial charge in [-0.05, 0) is 25.0 Å². The molecule has 0 amide bonds. The maximum atomic E-state index is 7.62. The van der Waals surface area contributed by atoms with Crippen LogP contribution in [0.1, 0.15) is 18.4 Å². The highest BCUT2D eigenvalue weighted by molar-refractivity contribution is 6.31. The van der Waals surface area contributed by atoms with Crippen LogP contribution in [-0.2, 0) is 0 Å². The van der Waals surface area contributed by atoms with Gasteiger partial charge in [-0.2, -0.15) is 0 Å². The second kappa shape index (κ2) is 6.86. The van der Waals surface area contributed by atoms with E-state index in [0.29, 0.717) is 16.8 Å². The number of piperazine rings is 1. The van der Waals surface area contributed by atoms with E-state index in [1.165, 1.54) is 6.21 Å². The Kier molecular flexibility index (Phi) is 4.86. The van der Waals surface area contributed by atoms with Crippen LogP contribution in [0.15, 0.2) is 12.1 Å². The third-order valence-electron chi connectivity index (χ3n) is 4.77. The summed E-state index contributed by atoms with van der Waals surface area (Å²) in [4.78, 5) is 4.93. The summed E-state index contributed by atoms with van der Waals surface area (Å²) in [7, 11) is 0. The van der Waals surface area contributed by atoms with Crippen LogP contribution in [-0.4, -0.2) is 56.4 Å². The number of halogens is 1. The Morgan fingerprint density at radius 1 is 1.18 bits per heavy atom. The highest BCUT2D eigenvalue weighted by Gasteiger charge is 2.26. The van der Waals surface area contributed by atoms with Crippen LogP contribution in [0.4, 0.5) is 11.4 Å². The minimum atomic E-state index is 0.585. The van der Waals surface area contributed by atoms with Crippen molar-refractivity contribution in [2.24, 2.45) is 0 Å². The topological polar surface area (TPSA) is 68.4 Å². The Bertz CT molecular complexity index is 534. The minimum Gasteiger partial charge on any atom is -0.398 e. The smallest absolute Gasteiger partial charge is 0.0491 e. The molecule has 6 heteroatoms. The van der Waals surface area contributed by atoms with E-state index < -0.39 is 0 Å². The van der Waals surface area contributed by atoms with Gasteiger partial charge < -0.3 is 21.4 Å². The molecule has 5 nitrogen and oxygen atoms in total. The molecule has 2 heterocycles. The van der Waals surface area contributed by atoms with Crippen molar-refractivity contribution in [2.75, 3.05) is 49.9 Å². The second-order valence-corrected chi connectivity index (χ2v) is 6.51. The predicted molar refractivity (Wildman–Crippen MR) is 93.4 cm³/mol. The molecule has 0 unspecified atom stereocenters. The van der Waals surface area contributed by atoms with Gasteiger partial charge in [0.05, 0.1) is 0 Å². The first-order valence-corrected chi connectivity index (χ1v) is 8.36. The van der Waals surface area contributed by atoms with Crippen LogP contribution in [0.5, 0.6) is 0 Å². The van der Waals surface area contributed by atoms with Gasteiger partial charge in [0, 0.05) is 73.5 Å². The lowest BCUT2D eigenvalue weighted by molar-refractivity contribution is 0.150. The molecule has 4 N–H and O–H groups in total. The van der Waals surface area contributed by atoms with E-state index >= 15 is 0 Å². The molecule has 0 atom stereocenters. The molecular formula is C16H24ClN5. The predicted octanol–water partition coefficient (Wildman–Crippen LogP) is 1.79. The van der Waals surface area contributed by atoms with Crippen LogP contribution in [0, 0.1) is 5.41 Å². The Balaban J connectivity index is 1.70. The minimum absolute atomic E-state index is 0.585. The Morgan fingerprint density at radius 3 is 2.50 bits per heavy atom. The summed E-state index contributed by atoms with van der Waals surface area (Å²) in [6.45, 7) is 6.50. The molecule has 0 radical (unpaired) electrons. The molecule has 120 valence electrons.